The summed E-state index contributed by atoms with van der Waals surface area (Å²) >= 11 is 3.41. The lowest BCUT2D eigenvalue weighted by Crippen LogP contribution is -2.49. The molecule has 0 nitrogen and oxygen atoms in total. The van der Waals surface area contributed by atoms with Crippen molar-refractivity contribution in [2.45, 2.75) is 44.2 Å². The van der Waals surface area contributed by atoms with Gasteiger partial charge in [0.1, 0.15) is 5.67 Å². The van der Waals surface area contributed by atoms with Crippen molar-refractivity contribution in [2.75, 3.05) is 0 Å². The lowest BCUT2D eigenvalue weighted by molar-refractivity contribution is 0.0268. The monoisotopic (exact) mass is 270 g/mol. The molecule has 82 valence electrons. The average Bonchev–Trinajstić information content (AvgIpc) is 2.03. The van der Waals surface area contributed by atoms with Gasteiger partial charge >= 0.3 is 0 Å². The number of benzene rings is 1. The highest BCUT2D eigenvalue weighted by atomic mass is 79.9. The minimum Gasteiger partial charge on any atom is -0.244 e. The fourth-order valence-electron chi connectivity index (χ4n) is 2.53. The van der Waals surface area contributed by atoms with Crippen LogP contribution < -0.4 is 0 Å². The van der Waals surface area contributed by atoms with E-state index in [0.29, 0.717) is 0 Å². The predicted octanol–water partition coefficient (Wildman–Crippen LogP) is 4.62. The Labute approximate surface area is 99.0 Å². The van der Waals surface area contributed by atoms with E-state index in [1.807, 2.05) is 24.3 Å². The lowest BCUT2D eigenvalue weighted by Gasteiger charge is -2.49. The van der Waals surface area contributed by atoms with Gasteiger partial charge in [0, 0.05) is 9.89 Å². The third kappa shape index (κ3) is 1.73. The van der Waals surface area contributed by atoms with Crippen LogP contribution in [0.15, 0.2) is 28.7 Å². The number of halogens is 2. The molecule has 0 unspecified atom stereocenters. The van der Waals surface area contributed by atoms with Gasteiger partial charge in [0.05, 0.1) is 0 Å². The van der Waals surface area contributed by atoms with Crippen LogP contribution in [0.4, 0.5) is 4.39 Å². The van der Waals surface area contributed by atoms with E-state index in [2.05, 4.69) is 15.9 Å². The Morgan fingerprint density at radius 1 is 1.20 bits per heavy atom. The van der Waals surface area contributed by atoms with Gasteiger partial charge < -0.3 is 0 Å². The van der Waals surface area contributed by atoms with Gasteiger partial charge in [0.2, 0.25) is 0 Å². The number of alkyl halides is 1. The quantitative estimate of drug-likeness (QED) is 0.736. The van der Waals surface area contributed by atoms with Crippen molar-refractivity contribution < 1.29 is 4.39 Å². The standard InChI is InChI=1S/C13H16BrF/c1-12(2,15)13(8-3-9-13)10-4-6-11(14)7-5-10/h4-7H,3,8-9H2,1-2H3. The van der Waals surface area contributed by atoms with Gasteiger partial charge in [-0.05, 0) is 44.4 Å². The second kappa shape index (κ2) is 3.58. The molecule has 0 heterocycles. The van der Waals surface area contributed by atoms with Gasteiger partial charge in [0.25, 0.3) is 0 Å². The van der Waals surface area contributed by atoms with Gasteiger partial charge in [-0.1, -0.05) is 34.5 Å². The molecule has 0 amide bonds. The largest absolute Gasteiger partial charge is 0.244 e. The molecule has 15 heavy (non-hydrogen) atoms. The summed E-state index contributed by atoms with van der Waals surface area (Å²) in [6.07, 6.45) is 3.08. The number of rotatable bonds is 2. The van der Waals surface area contributed by atoms with Crippen LogP contribution in [0, 0.1) is 0 Å². The molecular weight excluding hydrogens is 255 g/mol. The third-order valence-corrected chi connectivity index (χ3v) is 4.27. The normalized spacial score (nSPS) is 19.7. The number of hydrogen-bond donors (Lipinski definition) is 0. The van der Waals surface area contributed by atoms with Crippen molar-refractivity contribution in [3.63, 3.8) is 0 Å². The van der Waals surface area contributed by atoms with Crippen LogP contribution in [0.1, 0.15) is 38.7 Å². The summed E-state index contributed by atoms with van der Waals surface area (Å²) in [5, 5.41) is 0. The van der Waals surface area contributed by atoms with Crippen LogP contribution in [0.5, 0.6) is 0 Å². The van der Waals surface area contributed by atoms with Crippen LogP contribution in [-0.2, 0) is 5.41 Å². The van der Waals surface area contributed by atoms with E-state index in [9.17, 15) is 4.39 Å². The Kier molecular flexibility index (Phi) is 2.66. The Balaban J connectivity index is 2.39. The van der Waals surface area contributed by atoms with Crippen molar-refractivity contribution in [3.05, 3.63) is 34.3 Å². The van der Waals surface area contributed by atoms with Crippen LogP contribution in [0.2, 0.25) is 0 Å². The average molecular weight is 271 g/mol. The van der Waals surface area contributed by atoms with E-state index in [1.54, 1.807) is 13.8 Å². The molecular formula is C13H16BrF. The Hall–Kier alpha value is -0.370. The Morgan fingerprint density at radius 2 is 1.73 bits per heavy atom. The van der Waals surface area contributed by atoms with E-state index in [0.717, 1.165) is 29.3 Å². The molecule has 0 atom stereocenters. The van der Waals surface area contributed by atoms with E-state index < -0.39 is 5.67 Å². The fourth-order valence-corrected chi connectivity index (χ4v) is 2.79. The maximum Gasteiger partial charge on any atom is 0.115 e. The van der Waals surface area contributed by atoms with Crippen molar-refractivity contribution in [1.82, 2.24) is 0 Å². The zero-order valence-electron chi connectivity index (χ0n) is 9.19. The van der Waals surface area contributed by atoms with Crippen molar-refractivity contribution in [1.29, 1.82) is 0 Å². The second-order valence-corrected chi connectivity index (χ2v) is 5.83. The minimum atomic E-state index is -1.13. The first-order valence-electron chi connectivity index (χ1n) is 5.41. The zero-order valence-corrected chi connectivity index (χ0v) is 10.8. The highest BCUT2D eigenvalue weighted by Crippen LogP contribution is 2.52. The highest BCUT2D eigenvalue weighted by molar-refractivity contribution is 9.10. The first-order valence-corrected chi connectivity index (χ1v) is 6.20. The zero-order chi connectivity index (χ0) is 11.1. The van der Waals surface area contributed by atoms with Crippen LogP contribution in [0.3, 0.4) is 0 Å². The van der Waals surface area contributed by atoms with Crippen molar-refractivity contribution >= 4 is 15.9 Å². The molecule has 0 aliphatic heterocycles. The summed E-state index contributed by atoms with van der Waals surface area (Å²) in [5.74, 6) is 0. The topological polar surface area (TPSA) is 0 Å². The van der Waals surface area contributed by atoms with Crippen LogP contribution in [0.25, 0.3) is 0 Å². The molecule has 0 radical (unpaired) electrons. The molecule has 2 rings (SSSR count). The molecule has 1 aliphatic carbocycles. The Bertz CT molecular complexity index is 344. The first kappa shape index (κ1) is 11.1. The first-order chi connectivity index (χ1) is 6.96. The fraction of sp³-hybridized carbons (Fsp3) is 0.538. The molecule has 2 heteroatoms. The van der Waals surface area contributed by atoms with Gasteiger partial charge in [0.15, 0.2) is 0 Å². The summed E-state index contributed by atoms with van der Waals surface area (Å²) in [7, 11) is 0. The van der Waals surface area contributed by atoms with E-state index in [-0.39, 0.29) is 5.41 Å². The summed E-state index contributed by atoms with van der Waals surface area (Å²) in [4.78, 5) is 0. The maximum absolute atomic E-state index is 14.3. The highest BCUT2D eigenvalue weighted by Gasteiger charge is 2.51. The smallest absolute Gasteiger partial charge is 0.115 e. The lowest BCUT2D eigenvalue weighted by atomic mass is 9.57. The molecule has 0 N–H and O–H groups in total. The SMILES string of the molecule is CC(C)(F)C1(c2ccc(Br)cc2)CCC1. The molecule has 1 aliphatic rings. The molecule has 0 bridgehead atoms. The molecule has 0 aromatic heterocycles. The third-order valence-electron chi connectivity index (χ3n) is 3.74. The maximum atomic E-state index is 14.3. The predicted molar refractivity (Wildman–Crippen MR) is 64.9 cm³/mol. The molecule has 0 saturated heterocycles. The van der Waals surface area contributed by atoms with E-state index in [4.69, 9.17) is 0 Å². The van der Waals surface area contributed by atoms with Crippen LogP contribution >= 0.6 is 15.9 Å². The number of hydrogen-bond acceptors (Lipinski definition) is 0. The molecule has 1 aromatic carbocycles. The van der Waals surface area contributed by atoms with Gasteiger partial charge in [-0.25, -0.2) is 4.39 Å². The summed E-state index contributed by atoms with van der Waals surface area (Å²) < 4.78 is 15.3. The van der Waals surface area contributed by atoms with Gasteiger partial charge in [-0.15, -0.1) is 0 Å². The van der Waals surface area contributed by atoms with Crippen molar-refractivity contribution in [2.24, 2.45) is 0 Å². The molecule has 1 fully saturated rings. The minimum absolute atomic E-state index is 0.242. The van der Waals surface area contributed by atoms with Gasteiger partial charge in [-0.3, -0.25) is 0 Å². The Morgan fingerprint density at radius 3 is 2.07 bits per heavy atom. The summed E-state index contributed by atoms with van der Waals surface area (Å²) in [6, 6.07) is 8.09. The van der Waals surface area contributed by atoms with E-state index >= 15 is 0 Å². The molecule has 1 aromatic rings. The van der Waals surface area contributed by atoms with E-state index in [1.165, 1.54) is 0 Å². The van der Waals surface area contributed by atoms with Crippen molar-refractivity contribution in [3.8, 4) is 0 Å². The second-order valence-electron chi connectivity index (χ2n) is 4.92. The van der Waals surface area contributed by atoms with Gasteiger partial charge in [-0.2, -0.15) is 0 Å². The van der Waals surface area contributed by atoms with Crippen LogP contribution in [-0.4, -0.2) is 5.67 Å². The summed E-state index contributed by atoms with van der Waals surface area (Å²) in [6.45, 7) is 3.41. The molecule has 1 saturated carbocycles. The summed E-state index contributed by atoms with van der Waals surface area (Å²) in [5.41, 5.74) is -0.225. The molecule has 0 spiro atoms.